The Kier molecular flexibility index (Phi) is 7.86. The van der Waals surface area contributed by atoms with Crippen molar-refractivity contribution in [3.63, 3.8) is 0 Å². The number of aromatic nitrogens is 2. The van der Waals surface area contributed by atoms with Crippen LogP contribution in [-0.4, -0.2) is 36.2 Å². The van der Waals surface area contributed by atoms with Crippen LogP contribution in [0.3, 0.4) is 0 Å². The van der Waals surface area contributed by atoms with E-state index in [1.165, 1.54) is 23.1 Å². The van der Waals surface area contributed by atoms with Crippen LogP contribution >= 0.6 is 11.3 Å². The highest BCUT2D eigenvalue weighted by Crippen LogP contribution is 2.41. The molecule has 0 bridgehead atoms. The maximum atomic E-state index is 10.4. The molecule has 8 nitrogen and oxygen atoms in total. The van der Waals surface area contributed by atoms with Crippen molar-refractivity contribution in [1.29, 1.82) is 5.41 Å². The largest absolute Gasteiger partial charge is 0.494 e. The first-order valence-electron chi connectivity index (χ1n) is 11.0. The number of nitrogens with zero attached hydrogens (tertiary/aromatic N) is 2. The van der Waals surface area contributed by atoms with Crippen LogP contribution in [0.25, 0.3) is 10.2 Å². The number of aryl methyl sites for hydroxylation is 1. The molecule has 1 aromatic carbocycles. The molecule has 2 heterocycles. The van der Waals surface area contributed by atoms with Crippen LogP contribution in [0.5, 0.6) is 5.75 Å². The van der Waals surface area contributed by atoms with Crippen molar-refractivity contribution < 1.29 is 9.53 Å². The fourth-order valence-corrected chi connectivity index (χ4v) is 5.14. The third-order valence-corrected chi connectivity index (χ3v) is 6.84. The van der Waals surface area contributed by atoms with Gasteiger partial charge in [0.1, 0.15) is 22.7 Å². The van der Waals surface area contributed by atoms with E-state index in [4.69, 9.17) is 15.9 Å². The van der Waals surface area contributed by atoms with Crippen molar-refractivity contribution in [3.05, 3.63) is 34.5 Å². The fourth-order valence-electron chi connectivity index (χ4n) is 3.79. The van der Waals surface area contributed by atoms with Gasteiger partial charge in [-0.3, -0.25) is 4.79 Å². The second-order valence-electron chi connectivity index (χ2n) is 8.47. The van der Waals surface area contributed by atoms with Gasteiger partial charge in [0.25, 0.3) is 0 Å². The van der Waals surface area contributed by atoms with Gasteiger partial charge in [0, 0.05) is 41.4 Å². The first-order valence-corrected chi connectivity index (χ1v) is 11.8. The lowest BCUT2D eigenvalue weighted by molar-refractivity contribution is -0.123. The van der Waals surface area contributed by atoms with E-state index in [0.717, 1.165) is 34.6 Å². The van der Waals surface area contributed by atoms with Gasteiger partial charge in [-0.05, 0) is 36.8 Å². The SMILES string of the molecule is CNC(=O)C(C)C.COc1cc(N)c(C=N)cc1Nc1ncnc2sc3c(c12)CCC(C)C3. The highest BCUT2D eigenvalue weighted by atomic mass is 32.1. The molecule has 2 aromatic heterocycles. The van der Waals surface area contributed by atoms with Crippen LogP contribution in [0.15, 0.2) is 18.5 Å². The number of fused-ring (bicyclic) bond motifs is 3. The summed E-state index contributed by atoms with van der Waals surface area (Å²) in [6.45, 7) is 6.02. The Bertz CT molecular complexity index is 1160. The second kappa shape index (κ2) is 10.6. The Morgan fingerprint density at radius 3 is 2.73 bits per heavy atom. The molecule has 1 aliphatic carbocycles. The number of rotatable bonds is 5. The molecule has 0 radical (unpaired) electrons. The molecule has 4 rings (SSSR count). The number of nitrogens with two attached hydrogens (primary N) is 1. The van der Waals surface area contributed by atoms with Crippen LogP contribution in [0.4, 0.5) is 17.2 Å². The second-order valence-corrected chi connectivity index (χ2v) is 9.56. The van der Waals surface area contributed by atoms with Gasteiger partial charge < -0.3 is 26.5 Å². The van der Waals surface area contributed by atoms with Gasteiger partial charge in [-0.1, -0.05) is 20.8 Å². The predicted octanol–water partition coefficient (Wildman–Crippen LogP) is 4.54. The molecule has 3 aromatic rings. The normalized spacial score (nSPS) is 14.8. The first-order chi connectivity index (χ1) is 15.8. The number of carbonyl (C=O) groups excluding carboxylic acids is 1. The molecule has 176 valence electrons. The summed E-state index contributed by atoms with van der Waals surface area (Å²) in [5.74, 6) is 2.33. The number of hydrogen-bond acceptors (Lipinski definition) is 8. The van der Waals surface area contributed by atoms with Crippen molar-refractivity contribution in [2.75, 3.05) is 25.2 Å². The van der Waals surface area contributed by atoms with E-state index in [-0.39, 0.29) is 11.8 Å². The minimum Gasteiger partial charge on any atom is -0.494 e. The lowest BCUT2D eigenvalue weighted by Crippen LogP contribution is -2.22. The molecule has 0 fully saturated rings. The third kappa shape index (κ3) is 5.42. The van der Waals surface area contributed by atoms with Crippen molar-refractivity contribution >= 4 is 50.9 Å². The number of nitrogens with one attached hydrogen (secondary N) is 3. The van der Waals surface area contributed by atoms with Crippen LogP contribution in [0, 0.1) is 17.2 Å². The molecule has 1 unspecified atom stereocenters. The lowest BCUT2D eigenvalue weighted by atomic mass is 9.89. The predicted molar refractivity (Wildman–Crippen MR) is 136 cm³/mol. The van der Waals surface area contributed by atoms with E-state index in [9.17, 15) is 4.79 Å². The number of anilines is 3. The van der Waals surface area contributed by atoms with Crippen LogP contribution in [0.2, 0.25) is 0 Å². The first kappa shape index (κ1) is 24.4. The number of methoxy groups -OCH3 is 1. The number of ether oxygens (including phenoxy) is 1. The van der Waals surface area contributed by atoms with E-state index < -0.39 is 0 Å². The Labute approximate surface area is 198 Å². The average Bonchev–Trinajstić information content (AvgIpc) is 3.17. The zero-order valence-electron chi connectivity index (χ0n) is 19.8. The smallest absolute Gasteiger partial charge is 0.222 e. The third-order valence-electron chi connectivity index (χ3n) is 5.68. The molecule has 0 aliphatic heterocycles. The van der Waals surface area contributed by atoms with Crippen molar-refractivity contribution in [2.45, 2.75) is 40.0 Å². The number of nitrogen functional groups attached to an aromatic ring is 1. The summed E-state index contributed by atoms with van der Waals surface area (Å²) in [5, 5.41) is 14.6. The minimum absolute atomic E-state index is 0.0972. The Morgan fingerprint density at radius 1 is 1.36 bits per heavy atom. The van der Waals surface area contributed by atoms with E-state index in [1.54, 1.807) is 37.9 Å². The van der Waals surface area contributed by atoms with E-state index in [0.29, 0.717) is 22.9 Å². The van der Waals surface area contributed by atoms with Gasteiger partial charge in [-0.15, -0.1) is 11.3 Å². The zero-order chi connectivity index (χ0) is 24.1. The molecule has 33 heavy (non-hydrogen) atoms. The molecule has 0 saturated carbocycles. The quantitative estimate of drug-likeness (QED) is 0.322. The summed E-state index contributed by atoms with van der Waals surface area (Å²) in [7, 11) is 3.25. The van der Waals surface area contributed by atoms with Crippen LogP contribution in [-0.2, 0) is 17.6 Å². The maximum Gasteiger partial charge on any atom is 0.222 e. The summed E-state index contributed by atoms with van der Waals surface area (Å²) in [4.78, 5) is 21.8. The van der Waals surface area contributed by atoms with Gasteiger partial charge >= 0.3 is 0 Å². The Morgan fingerprint density at radius 2 is 2.12 bits per heavy atom. The summed E-state index contributed by atoms with van der Waals surface area (Å²) < 4.78 is 5.46. The highest BCUT2D eigenvalue weighted by Gasteiger charge is 2.23. The lowest BCUT2D eigenvalue weighted by Gasteiger charge is -2.18. The van der Waals surface area contributed by atoms with Gasteiger partial charge in [0.15, 0.2) is 0 Å². The van der Waals surface area contributed by atoms with E-state index in [1.807, 2.05) is 19.9 Å². The molecule has 9 heteroatoms. The van der Waals surface area contributed by atoms with Gasteiger partial charge in [-0.25, -0.2) is 9.97 Å². The molecular formula is C24H32N6O2S. The number of hydrogen-bond donors (Lipinski definition) is 4. The average molecular weight is 469 g/mol. The van der Waals surface area contributed by atoms with Crippen LogP contribution in [0.1, 0.15) is 43.2 Å². The number of benzene rings is 1. The van der Waals surface area contributed by atoms with Gasteiger partial charge in [0.2, 0.25) is 5.91 Å². The number of carbonyl (C=O) groups is 1. The van der Waals surface area contributed by atoms with E-state index >= 15 is 0 Å². The molecule has 5 N–H and O–H groups in total. The summed E-state index contributed by atoms with van der Waals surface area (Å²) >= 11 is 1.77. The minimum atomic E-state index is 0.0972. The summed E-state index contributed by atoms with van der Waals surface area (Å²) in [5.41, 5.74) is 9.22. The van der Waals surface area contributed by atoms with Crippen molar-refractivity contribution in [3.8, 4) is 5.75 Å². The van der Waals surface area contributed by atoms with Crippen LogP contribution < -0.4 is 21.1 Å². The fraction of sp³-hybridized carbons (Fsp3) is 0.417. The molecule has 1 amide bonds. The monoisotopic (exact) mass is 468 g/mol. The molecule has 0 saturated heterocycles. The number of amides is 1. The van der Waals surface area contributed by atoms with Gasteiger partial charge in [0.05, 0.1) is 18.2 Å². The topological polar surface area (TPSA) is 126 Å². The summed E-state index contributed by atoms with van der Waals surface area (Å²) in [6, 6.07) is 3.54. The number of thiophene rings is 1. The Balaban J connectivity index is 0.000000383. The van der Waals surface area contributed by atoms with Crippen molar-refractivity contribution in [1.82, 2.24) is 15.3 Å². The zero-order valence-corrected chi connectivity index (χ0v) is 20.6. The van der Waals surface area contributed by atoms with E-state index in [2.05, 4.69) is 27.5 Å². The standard InChI is InChI=1S/C19H21N5OS.C5H11NO/c1-10-3-4-12-16(5-10)26-19-17(12)18(22-9-23-19)24-14-6-11(8-20)13(21)7-15(14)25-2;1-4(2)5(7)6-3/h6-10,20H,3-5,21H2,1-2H3,(H,22,23,24);4H,1-3H3,(H,6,7). The van der Waals surface area contributed by atoms with Gasteiger partial charge in [-0.2, -0.15) is 0 Å². The molecular weight excluding hydrogens is 436 g/mol. The Hall–Kier alpha value is -3.20. The maximum absolute atomic E-state index is 10.4. The highest BCUT2D eigenvalue weighted by molar-refractivity contribution is 7.19. The summed E-state index contributed by atoms with van der Waals surface area (Å²) in [6.07, 6.45) is 6.19. The van der Waals surface area contributed by atoms with Crippen molar-refractivity contribution in [2.24, 2.45) is 11.8 Å². The molecule has 1 aliphatic rings. The molecule has 1 atom stereocenters. The molecule has 0 spiro atoms.